The smallest absolute Gasteiger partial charge is 0.341 e. The number of carboxylic acids is 1. The average Bonchev–Trinajstić information content (AvgIpc) is 3.18. The number of aliphatic imine (C=N–C) groups is 1. The van der Waals surface area contributed by atoms with Gasteiger partial charge in [-0.1, -0.05) is 54.0 Å². The molecule has 3 aromatic carbocycles. The molecule has 1 aliphatic heterocycles. The lowest BCUT2D eigenvalue weighted by atomic mass is 10.1. The summed E-state index contributed by atoms with van der Waals surface area (Å²) < 4.78 is 6.23. The van der Waals surface area contributed by atoms with E-state index in [4.69, 9.17) is 14.8 Å². The number of aryl methyl sites for hydroxylation is 2. The fraction of sp³-hybridized carbons (Fsp3) is 0.179. The first kappa shape index (κ1) is 25.7. The number of anilines is 1. The molecule has 0 atom stereocenters. The van der Waals surface area contributed by atoms with Crippen molar-refractivity contribution in [2.45, 2.75) is 26.7 Å². The Bertz CT molecular complexity index is 1330. The van der Waals surface area contributed by atoms with Crippen LogP contribution in [0, 0.1) is 0 Å². The Morgan fingerprint density at radius 1 is 1.03 bits per heavy atom. The van der Waals surface area contributed by atoms with Crippen molar-refractivity contribution in [3.05, 3.63) is 92.8 Å². The highest BCUT2D eigenvalue weighted by atomic mass is 79.9. The number of carbonyl (C=O) groups excluding carboxylic acids is 1. The maximum absolute atomic E-state index is 13.6. The summed E-state index contributed by atoms with van der Waals surface area (Å²) in [7, 11) is 0. The summed E-state index contributed by atoms with van der Waals surface area (Å²) in [6.45, 7) is 3.71. The zero-order valence-corrected chi connectivity index (χ0v) is 22.3. The van der Waals surface area contributed by atoms with E-state index < -0.39 is 12.6 Å². The van der Waals surface area contributed by atoms with Crippen LogP contribution in [0.15, 0.2) is 81.1 Å². The van der Waals surface area contributed by atoms with Crippen molar-refractivity contribution in [2.24, 2.45) is 4.99 Å². The molecule has 1 amide bonds. The summed E-state index contributed by atoms with van der Waals surface area (Å²) in [5.41, 5.74) is 4.47. The predicted octanol–water partition coefficient (Wildman–Crippen LogP) is 6.85. The van der Waals surface area contributed by atoms with Gasteiger partial charge in [0.2, 0.25) is 0 Å². The van der Waals surface area contributed by atoms with Crippen LogP contribution in [0.5, 0.6) is 5.75 Å². The van der Waals surface area contributed by atoms with Crippen LogP contribution in [0.25, 0.3) is 6.08 Å². The van der Waals surface area contributed by atoms with Gasteiger partial charge in [-0.3, -0.25) is 9.69 Å². The number of amidine groups is 1. The quantitative estimate of drug-likeness (QED) is 0.303. The van der Waals surface area contributed by atoms with Gasteiger partial charge in [0, 0.05) is 10.0 Å². The Kier molecular flexibility index (Phi) is 8.28. The lowest BCUT2D eigenvalue weighted by molar-refractivity contribution is -0.139. The number of nitrogens with zero attached hydrogens (tertiary/aromatic N) is 2. The number of thioether (sulfide) groups is 1. The summed E-state index contributed by atoms with van der Waals surface area (Å²) in [6.07, 6.45) is 3.55. The van der Waals surface area contributed by atoms with Crippen LogP contribution in [0.1, 0.15) is 30.5 Å². The van der Waals surface area contributed by atoms with E-state index in [2.05, 4.69) is 29.8 Å². The lowest BCUT2D eigenvalue weighted by Gasteiger charge is -2.16. The third-order valence-corrected chi connectivity index (χ3v) is 7.05. The van der Waals surface area contributed by atoms with Gasteiger partial charge in [-0.25, -0.2) is 9.79 Å². The second-order valence-corrected chi connectivity index (χ2v) is 9.97. The number of benzene rings is 3. The molecule has 1 fully saturated rings. The normalized spacial score (nSPS) is 15.6. The first-order valence-electron chi connectivity index (χ1n) is 11.5. The highest BCUT2D eigenvalue weighted by Crippen LogP contribution is 2.39. The van der Waals surface area contributed by atoms with Crippen LogP contribution in [-0.4, -0.2) is 28.8 Å². The van der Waals surface area contributed by atoms with Crippen molar-refractivity contribution in [3.8, 4) is 5.75 Å². The van der Waals surface area contributed by atoms with Crippen LogP contribution in [-0.2, 0) is 22.4 Å². The predicted molar refractivity (Wildman–Crippen MR) is 149 cm³/mol. The minimum Gasteiger partial charge on any atom is -0.481 e. The fourth-order valence-corrected chi connectivity index (χ4v) is 4.99. The van der Waals surface area contributed by atoms with Crippen molar-refractivity contribution in [1.82, 2.24) is 0 Å². The molecule has 0 spiro atoms. The van der Waals surface area contributed by atoms with Crippen LogP contribution < -0.4 is 9.64 Å². The number of hydrogen-bond acceptors (Lipinski definition) is 5. The van der Waals surface area contributed by atoms with Crippen molar-refractivity contribution < 1.29 is 19.4 Å². The molecule has 1 saturated heterocycles. The molecule has 0 unspecified atom stereocenters. The molecule has 1 N–H and O–H groups in total. The zero-order chi connectivity index (χ0) is 25.7. The van der Waals surface area contributed by atoms with Crippen molar-refractivity contribution in [3.63, 3.8) is 0 Å². The fourth-order valence-electron chi connectivity index (χ4n) is 3.62. The molecule has 0 aliphatic carbocycles. The second-order valence-electron chi connectivity index (χ2n) is 8.05. The number of aliphatic carboxylic acids is 1. The first-order chi connectivity index (χ1) is 17.4. The molecule has 0 radical (unpaired) electrons. The number of halogens is 1. The largest absolute Gasteiger partial charge is 0.481 e. The standard InChI is InChI=1S/C28H25BrN2O4S/c1-3-18-5-10-22(11-6-18)30-28-31(23-12-7-19(4-2)8-13-23)27(34)25(36-28)16-20-15-21(29)9-14-24(20)35-17-26(32)33/h5-16H,3-4,17H2,1-2H3,(H,32,33). The molecule has 8 heteroatoms. The highest BCUT2D eigenvalue weighted by molar-refractivity contribution is 9.10. The molecule has 36 heavy (non-hydrogen) atoms. The van der Waals surface area contributed by atoms with E-state index in [1.54, 1.807) is 29.2 Å². The molecular weight excluding hydrogens is 540 g/mol. The molecule has 0 aromatic heterocycles. The number of carbonyl (C=O) groups is 2. The second kappa shape index (κ2) is 11.6. The highest BCUT2D eigenvalue weighted by Gasteiger charge is 2.35. The summed E-state index contributed by atoms with van der Waals surface area (Å²) in [6, 6.07) is 21.1. The number of rotatable bonds is 8. The molecule has 6 nitrogen and oxygen atoms in total. The molecule has 1 heterocycles. The van der Waals surface area contributed by atoms with E-state index in [-0.39, 0.29) is 5.91 Å². The van der Waals surface area contributed by atoms with Gasteiger partial charge in [-0.15, -0.1) is 0 Å². The third kappa shape index (κ3) is 6.06. The summed E-state index contributed by atoms with van der Waals surface area (Å²) in [5.74, 6) is -0.911. The monoisotopic (exact) mass is 564 g/mol. The van der Waals surface area contributed by atoms with Crippen molar-refractivity contribution >= 4 is 62.2 Å². The number of carboxylic acid groups (broad SMARTS) is 1. The number of hydrogen-bond donors (Lipinski definition) is 1. The maximum atomic E-state index is 13.6. The molecule has 184 valence electrons. The van der Waals surface area contributed by atoms with Gasteiger partial charge in [0.25, 0.3) is 5.91 Å². The van der Waals surface area contributed by atoms with Gasteiger partial charge in [0.1, 0.15) is 5.75 Å². The van der Waals surface area contributed by atoms with Gasteiger partial charge in [0.15, 0.2) is 11.8 Å². The average molecular weight is 565 g/mol. The van der Waals surface area contributed by atoms with Crippen molar-refractivity contribution in [2.75, 3.05) is 11.5 Å². The van der Waals surface area contributed by atoms with Gasteiger partial charge in [-0.2, -0.15) is 0 Å². The van der Waals surface area contributed by atoms with Crippen LogP contribution in [0.2, 0.25) is 0 Å². The van der Waals surface area contributed by atoms with Crippen LogP contribution in [0.3, 0.4) is 0 Å². The van der Waals surface area contributed by atoms with E-state index >= 15 is 0 Å². The van der Waals surface area contributed by atoms with Crippen LogP contribution >= 0.6 is 27.7 Å². The molecule has 0 saturated carbocycles. The van der Waals surface area contributed by atoms with Gasteiger partial charge in [0.05, 0.1) is 16.3 Å². The Labute approximate surface area is 222 Å². The van der Waals surface area contributed by atoms with Crippen molar-refractivity contribution in [1.29, 1.82) is 0 Å². The molecule has 1 aliphatic rings. The number of ether oxygens (including phenoxy) is 1. The first-order valence-corrected chi connectivity index (χ1v) is 13.1. The van der Waals surface area contributed by atoms with E-state index in [0.29, 0.717) is 21.4 Å². The van der Waals surface area contributed by atoms with Gasteiger partial charge < -0.3 is 9.84 Å². The van der Waals surface area contributed by atoms with E-state index in [0.717, 1.165) is 28.7 Å². The Hall–Kier alpha value is -3.36. The molecule has 3 aromatic rings. The zero-order valence-electron chi connectivity index (χ0n) is 19.9. The van der Waals surface area contributed by atoms with E-state index in [9.17, 15) is 9.59 Å². The molecule has 0 bridgehead atoms. The minimum absolute atomic E-state index is 0.211. The molecular formula is C28H25BrN2O4S. The Balaban J connectivity index is 1.75. The molecule has 4 rings (SSSR count). The lowest BCUT2D eigenvalue weighted by Crippen LogP contribution is -2.28. The maximum Gasteiger partial charge on any atom is 0.341 e. The van der Waals surface area contributed by atoms with Crippen LogP contribution in [0.4, 0.5) is 11.4 Å². The number of amides is 1. The van der Waals surface area contributed by atoms with Gasteiger partial charge in [-0.05, 0) is 84.3 Å². The third-order valence-electron chi connectivity index (χ3n) is 5.59. The SMILES string of the molecule is CCc1ccc(N=C2SC(=Cc3cc(Br)ccc3OCC(=O)O)C(=O)N2c2ccc(CC)cc2)cc1. The minimum atomic E-state index is -1.08. The summed E-state index contributed by atoms with van der Waals surface area (Å²) >= 11 is 4.71. The Morgan fingerprint density at radius 2 is 1.67 bits per heavy atom. The summed E-state index contributed by atoms with van der Waals surface area (Å²) in [5, 5.41) is 9.57. The topological polar surface area (TPSA) is 79.2 Å². The van der Waals surface area contributed by atoms with E-state index in [1.165, 1.54) is 22.9 Å². The van der Waals surface area contributed by atoms with Gasteiger partial charge >= 0.3 is 5.97 Å². The summed E-state index contributed by atoms with van der Waals surface area (Å²) in [4.78, 5) is 31.5. The Morgan fingerprint density at radius 3 is 2.28 bits per heavy atom. The van der Waals surface area contributed by atoms with E-state index in [1.807, 2.05) is 48.5 Å².